The van der Waals surface area contributed by atoms with Gasteiger partial charge < -0.3 is 15.3 Å². The van der Waals surface area contributed by atoms with Crippen LogP contribution < -0.4 is 5.32 Å². The number of nitrogens with zero attached hydrogens (tertiary/aromatic N) is 1. The molecule has 0 aromatic rings. The topological polar surface area (TPSA) is 69.6 Å². The summed E-state index contributed by atoms with van der Waals surface area (Å²) in [6.45, 7) is 8.52. The Labute approximate surface area is 103 Å². The number of amides is 2. The van der Waals surface area contributed by atoms with Crippen molar-refractivity contribution in [1.29, 1.82) is 0 Å². The van der Waals surface area contributed by atoms with E-state index in [0.717, 1.165) is 0 Å². The number of hydrogen-bond donors (Lipinski definition) is 2. The highest BCUT2D eigenvalue weighted by Crippen LogP contribution is 2.12. The molecule has 0 fully saturated rings. The molecule has 0 aliphatic rings. The summed E-state index contributed by atoms with van der Waals surface area (Å²) in [6, 6.07) is -0.515. The van der Waals surface area contributed by atoms with E-state index in [9.17, 15) is 9.59 Å². The van der Waals surface area contributed by atoms with E-state index in [1.807, 2.05) is 13.8 Å². The van der Waals surface area contributed by atoms with E-state index < -0.39 is 11.6 Å². The van der Waals surface area contributed by atoms with E-state index in [2.05, 4.69) is 5.32 Å². The third-order valence-corrected chi connectivity index (χ3v) is 2.67. The standard InChI is InChI=1S/C12H24N2O3/c1-8(2)10(14(6)9(3)16)11(17)13-12(4,5)7-15/h8,10,15H,7H2,1-6H3,(H,13,17). The van der Waals surface area contributed by atoms with Gasteiger partial charge in [0.2, 0.25) is 11.8 Å². The van der Waals surface area contributed by atoms with Crippen molar-refractivity contribution in [3.05, 3.63) is 0 Å². The number of carbonyl (C=O) groups is 2. The van der Waals surface area contributed by atoms with E-state index >= 15 is 0 Å². The van der Waals surface area contributed by atoms with Gasteiger partial charge in [-0.3, -0.25) is 9.59 Å². The largest absolute Gasteiger partial charge is 0.394 e. The summed E-state index contributed by atoms with van der Waals surface area (Å²) in [5.74, 6) is -0.379. The average molecular weight is 244 g/mol. The highest BCUT2D eigenvalue weighted by molar-refractivity contribution is 5.87. The molecular weight excluding hydrogens is 220 g/mol. The molecule has 0 radical (unpaired) electrons. The lowest BCUT2D eigenvalue weighted by molar-refractivity contribution is -0.140. The first-order valence-electron chi connectivity index (χ1n) is 5.78. The molecule has 100 valence electrons. The van der Waals surface area contributed by atoms with Crippen LogP contribution in [0.15, 0.2) is 0 Å². The monoisotopic (exact) mass is 244 g/mol. The van der Waals surface area contributed by atoms with Crippen LogP contribution in [0.2, 0.25) is 0 Å². The molecule has 0 saturated heterocycles. The molecule has 1 atom stereocenters. The van der Waals surface area contributed by atoms with Crippen LogP contribution in [0.3, 0.4) is 0 Å². The molecule has 5 nitrogen and oxygen atoms in total. The summed E-state index contributed by atoms with van der Waals surface area (Å²) in [6.07, 6.45) is 0. The molecule has 0 saturated carbocycles. The first-order chi connectivity index (χ1) is 7.62. The molecule has 0 rings (SSSR count). The van der Waals surface area contributed by atoms with Gasteiger partial charge >= 0.3 is 0 Å². The maximum Gasteiger partial charge on any atom is 0.243 e. The number of likely N-dealkylation sites (N-methyl/N-ethyl adjacent to an activating group) is 1. The number of rotatable bonds is 5. The van der Waals surface area contributed by atoms with Crippen LogP contribution >= 0.6 is 0 Å². The molecule has 1 unspecified atom stereocenters. The maximum absolute atomic E-state index is 12.1. The Kier molecular flexibility index (Phi) is 5.61. The number of hydrogen-bond acceptors (Lipinski definition) is 3. The van der Waals surface area contributed by atoms with E-state index in [4.69, 9.17) is 5.11 Å². The van der Waals surface area contributed by atoms with Crippen molar-refractivity contribution in [2.45, 2.75) is 46.2 Å². The molecule has 0 aliphatic heterocycles. The zero-order valence-electron chi connectivity index (χ0n) is 11.6. The lowest BCUT2D eigenvalue weighted by Crippen LogP contribution is -2.56. The Balaban J connectivity index is 4.85. The molecule has 0 heterocycles. The van der Waals surface area contributed by atoms with Gasteiger partial charge in [0.1, 0.15) is 6.04 Å². The van der Waals surface area contributed by atoms with E-state index in [1.54, 1.807) is 20.9 Å². The molecule has 17 heavy (non-hydrogen) atoms. The fraction of sp³-hybridized carbons (Fsp3) is 0.833. The van der Waals surface area contributed by atoms with Gasteiger partial charge in [-0.2, -0.15) is 0 Å². The van der Waals surface area contributed by atoms with Crippen LogP contribution in [0.4, 0.5) is 0 Å². The molecule has 5 heteroatoms. The van der Waals surface area contributed by atoms with E-state index in [0.29, 0.717) is 0 Å². The molecule has 0 spiro atoms. The molecule has 0 aromatic heterocycles. The number of aliphatic hydroxyl groups is 1. The van der Waals surface area contributed by atoms with Crippen LogP contribution in [-0.4, -0.2) is 47.1 Å². The second-order valence-electron chi connectivity index (χ2n) is 5.35. The van der Waals surface area contributed by atoms with Crippen molar-refractivity contribution in [3.8, 4) is 0 Å². The highest BCUT2D eigenvalue weighted by atomic mass is 16.3. The quantitative estimate of drug-likeness (QED) is 0.734. The number of aliphatic hydroxyl groups excluding tert-OH is 1. The lowest BCUT2D eigenvalue weighted by Gasteiger charge is -2.33. The van der Waals surface area contributed by atoms with Crippen LogP contribution in [0.25, 0.3) is 0 Å². The summed E-state index contributed by atoms with van der Waals surface area (Å²) in [7, 11) is 1.61. The second kappa shape index (κ2) is 6.00. The van der Waals surface area contributed by atoms with Gasteiger partial charge in [-0.15, -0.1) is 0 Å². The van der Waals surface area contributed by atoms with Gasteiger partial charge in [-0.1, -0.05) is 13.8 Å². The van der Waals surface area contributed by atoms with E-state index in [-0.39, 0.29) is 24.3 Å². The Morgan fingerprint density at radius 2 is 1.82 bits per heavy atom. The zero-order valence-corrected chi connectivity index (χ0v) is 11.6. The number of carbonyl (C=O) groups excluding carboxylic acids is 2. The summed E-state index contributed by atoms with van der Waals surface area (Å²) in [4.78, 5) is 24.8. The smallest absolute Gasteiger partial charge is 0.243 e. The second-order valence-corrected chi connectivity index (χ2v) is 5.35. The van der Waals surface area contributed by atoms with Crippen molar-refractivity contribution < 1.29 is 14.7 Å². The lowest BCUT2D eigenvalue weighted by atomic mass is 9.99. The van der Waals surface area contributed by atoms with Gasteiger partial charge in [0.05, 0.1) is 12.1 Å². The minimum Gasteiger partial charge on any atom is -0.394 e. The van der Waals surface area contributed by atoms with Crippen molar-refractivity contribution in [3.63, 3.8) is 0 Å². The van der Waals surface area contributed by atoms with Gasteiger partial charge in [-0.05, 0) is 19.8 Å². The van der Waals surface area contributed by atoms with Crippen LogP contribution in [0.5, 0.6) is 0 Å². The van der Waals surface area contributed by atoms with Gasteiger partial charge in [-0.25, -0.2) is 0 Å². The molecule has 2 amide bonds. The minimum atomic E-state index is -0.679. The van der Waals surface area contributed by atoms with Gasteiger partial charge in [0.15, 0.2) is 0 Å². The fourth-order valence-electron chi connectivity index (χ4n) is 1.57. The SMILES string of the molecule is CC(=O)N(C)C(C(=O)NC(C)(C)CO)C(C)C. The van der Waals surface area contributed by atoms with Crippen LogP contribution in [-0.2, 0) is 9.59 Å². The first kappa shape index (κ1) is 15.9. The predicted molar refractivity (Wildman–Crippen MR) is 66.4 cm³/mol. The molecule has 0 aromatic carbocycles. The van der Waals surface area contributed by atoms with Crippen molar-refractivity contribution in [2.75, 3.05) is 13.7 Å². The van der Waals surface area contributed by atoms with Crippen molar-refractivity contribution in [2.24, 2.45) is 5.92 Å². The summed E-state index contributed by atoms with van der Waals surface area (Å²) in [5.41, 5.74) is -0.679. The average Bonchev–Trinajstić information content (AvgIpc) is 2.16. The molecule has 0 bridgehead atoms. The maximum atomic E-state index is 12.1. The Morgan fingerprint density at radius 3 is 2.12 bits per heavy atom. The Hall–Kier alpha value is -1.10. The minimum absolute atomic E-state index is 0.0124. The Bertz CT molecular complexity index is 287. The predicted octanol–water partition coefficient (Wildman–Crippen LogP) is 0.376. The van der Waals surface area contributed by atoms with Crippen LogP contribution in [0, 0.1) is 5.92 Å². The number of nitrogens with one attached hydrogen (secondary N) is 1. The fourth-order valence-corrected chi connectivity index (χ4v) is 1.57. The van der Waals surface area contributed by atoms with E-state index in [1.165, 1.54) is 11.8 Å². The third-order valence-electron chi connectivity index (χ3n) is 2.67. The zero-order chi connectivity index (χ0) is 13.8. The third kappa shape index (κ3) is 4.73. The van der Waals surface area contributed by atoms with Gasteiger partial charge in [0.25, 0.3) is 0 Å². The molecule has 0 aliphatic carbocycles. The normalized spacial score (nSPS) is 13.4. The summed E-state index contributed by atoms with van der Waals surface area (Å²) >= 11 is 0. The van der Waals surface area contributed by atoms with Gasteiger partial charge in [0, 0.05) is 14.0 Å². The first-order valence-corrected chi connectivity index (χ1v) is 5.78. The Morgan fingerprint density at radius 1 is 1.35 bits per heavy atom. The summed E-state index contributed by atoms with van der Waals surface area (Å²) in [5, 5.41) is 11.9. The van der Waals surface area contributed by atoms with Crippen molar-refractivity contribution in [1.82, 2.24) is 10.2 Å². The summed E-state index contributed by atoms with van der Waals surface area (Å²) < 4.78 is 0. The molecule has 2 N–H and O–H groups in total. The highest BCUT2D eigenvalue weighted by Gasteiger charge is 2.31. The van der Waals surface area contributed by atoms with Crippen LogP contribution in [0.1, 0.15) is 34.6 Å². The van der Waals surface area contributed by atoms with Crippen molar-refractivity contribution >= 4 is 11.8 Å². The molecular formula is C12H24N2O3.